The zero-order valence-electron chi connectivity index (χ0n) is 12.9. The van der Waals surface area contributed by atoms with Gasteiger partial charge in [0.15, 0.2) is 0 Å². The predicted octanol–water partition coefficient (Wildman–Crippen LogP) is 4.41. The van der Waals surface area contributed by atoms with Gasteiger partial charge in [0.2, 0.25) is 5.91 Å². The van der Waals surface area contributed by atoms with Gasteiger partial charge in [-0.15, -0.1) is 0 Å². The molecule has 22 heavy (non-hydrogen) atoms. The molecular formula is C19H20BrNO. The molecule has 114 valence electrons. The van der Waals surface area contributed by atoms with Crippen LogP contribution in [-0.2, 0) is 16.8 Å². The van der Waals surface area contributed by atoms with Gasteiger partial charge in [-0.05, 0) is 55.5 Å². The van der Waals surface area contributed by atoms with Crippen LogP contribution in [0.3, 0.4) is 0 Å². The molecule has 2 aromatic carbocycles. The average molecular weight is 358 g/mol. The molecule has 1 aliphatic rings. The molecule has 0 saturated heterocycles. The molecule has 2 nitrogen and oxygen atoms in total. The maximum absolute atomic E-state index is 12.6. The van der Waals surface area contributed by atoms with E-state index in [9.17, 15) is 4.79 Å². The summed E-state index contributed by atoms with van der Waals surface area (Å²) in [6, 6.07) is 14.5. The molecule has 0 atom stereocenters. The lowest BCUT2D eigenvalue weighted by Gasteiger charge is -2.17. The third kappa shape index (κ3) is 2.95. The van der Waals surface area contributed by atoms with Gasteiger partial charge >= 0.3 is 0 Å². The number of halogens is 1. The van der Waals surface area contributed by atoms with E-state index in [0.29, 0.717) is 6.54 Å². The van der Waals surface area contributed by atoms with E-state index in [1.54, 1.807) is 0 Å². The number of rotatable bonds is 4. The predicted molar refractivity (Wildman–Crippen MR) is 92.8 cm³/mol. The van der Waals surface area contributed by atoms with Crippen molar-refractivity contribution in [1.29, 1.82) is 0 Å². The fourth-order valence-electron chi connectivity index (χ4n) is 2.93. The molecule has 0 radical (unpaired) electrons. The van der Waals surface area contributed by atoms with E-state index >= 15 is 0 Å². The number of nitrogens with one attached hydrogen (secondary N) is 1. The molecule has 1 aliphatic carbocycles. The molecule has 1 amide bonds. The van der Waals surface area contributed by atoms with Crippen molar-refractivity contribution in [3.8, 4) is 0 Å². The van der Waals surface area contributed by atoms with Crippen LogP contribution in [0.4, 0.5) is 0 Å². The van der Waals surface area contributed by atoms with Crippen LogP contribution in [0, 0.1) is 13.8 Å². The van der Waals surface area contributed by atoms with Crippen LogP contribution in [0.2, 0.25) is 0 Å². The standard InChI is InChI=1S/C19H20BrNO/c1-13-3-4-15(14(2)11-13)12-21-18(22)19(9-10-19)16-5-7-17(20)8-6-16/h3-8,11H,9-10,12H2,1-2H3,(H,21,22). The van der Waals surface area contributed by atoms with Crippen LogP contribution < -0.4 is 5.32 Å². The molecule has 3 heteroatoms. The Morgan fingerprint density at radius 2 is 1.82 bits per heavy atom. The Labute approximate surface area is 140 Å². The second-order valence-corrected chi connectivity index (χ2v) is 7.12. The number of benzene rings is 2. The Morgan fingerprint density at radius 1 is 1.14 bits per heavy atom. The summed E-state index contributed by atoms with van der Waals surface area (Å²) in [5.41, 5.74) is 4.48. The quantitative estimate of drug-likeness (QED) is 0.862. The maximum atomic E-state index is 12.6. The Hall–Kier alpha value is -1.61. The number of hydrogen-bond acceptors (Lipinski definition) is 1. The lowest BCUT2D eigenvalue weighted by molar-refractivity contribution is -0.123. The summed E-state index contributed by atoms with van der Waals surface area (Å²) in [4.78, 5) is 12.6. The van der Waals surface area contributed by atoms with Gasteiger partial charge in [0, 0.05) is 11.0 Å². The second-order valence-electron chi connectivity index (χ2n) is 6.20. The van der Waals surface area contributed by atoms with Crippen LogP contribution in [0.15, 0.2) is 46.9 Å². The van der Waals surface area contributed by atoms with Crippen LogP contribution >= 0.6 is 15.9 Å². The van der Waals surface area contributed by atoms with Crippen molar-refractivity contribution in [3.05, 3.63) is 69.2 Å². The van der Waals surface area contributed by atoms with E-state index in [2.05, 4.69) is 53.3 Å². The topological polar surface area (TPSA) is 29.1 Å². The van der Waals surface area contributed by atoms with Crippen LogP contribution in [-0.4, -0.2) is 5.91 Å². The zero-order chi connectivity index (χ0) is 15.7. The molecular weight excluding hydrogens is 338 g/mol. The molecule has 1 saturated carbocycles. The third-order valence-corrected chi connectivity index (χ3v) is 5.05. The summed E-state index contributed by atoms with van der Waals surface area (Å²) in [6.07, 6.45) is 1.88. The summed E-state index contributed by atoms with van der Waals surface area (Å²) >= 11 is 3.44. The molecule has 2 aromatic rings. The summed E-state index contributed by atoms with van der Waals surface area (Å²) in [7, 11) is 0. The van der Waals surface area contributed by atoms with Crippen molar-refractivity contribution in [1.82, 2.24) is 5.32 Å². The van der Waals surface area contributed by atoms with E-state index in [1.165, 1.54) is 16.7 Å². The van der Waals surface area contributed by atoms with Crippen LogP contribution in [0.1, 0.15) is 35.1 Å². The molecule has 0 unspecified atom stereocenters. The second kappa shape index (κ2) is 5.88. The van der Waals surface area contributed by atoms with Crippen LogP contribution in [0.25, 0.3) is 0 Å². The number of carbonyl (C=O) groups excluding carboxylic acids is 1. The van der Waals surface area contributed by atoms with Crippen molar-refractivity contribution in [3.63, 3.8) is 0 Å². The van der Waals surface area contributed by atoms with E-state index < -0.39 is 0 Å². The van der Waals surface area contributed by atoms with Crippen molar-refractivity contribution in [2.75, 3.05) is 0 Å². The molecule has 0 spiro atoms. The Kier molecular flexibility index (Phi) is 4.09. The highest BCUT2D eigenvalue weighted by atomic mass is 79.9. The first-order valence-corrected chi connectivity index (χ1v) is 8.41. The first kappa shape index (κ1) is 15.3. The summed E-state index contributed by atoms with van der Waals surface area (Å²) in [5.74, 6) is 0.148. The normalized spacial score (nSPS) is 15.4. The minimum Gasteiger partial charge on any atom is -0.351 e. The average Bonchev–Trinajstić information content (AvgIpc) is 3.28. The number of hydrogen-bond donors (Lipinski definition) is 1. The summed E-state index contributed by atoms with van der Waals surface area (Å²) in [6.45, 7) is 4.78. The Morgan fingerprint density at radius 3 is 2.41 bits per heavy atom. The smallest absolute Gasteiger partial charge is 0.230 e. The highest BCUT2D eigenvalue weighted by molar-refractivity contribution is 9.10. The van der Waals surface area contributed by atoms with Gasteiger partial charge in [-0.25, -0.2) is 0 Å². The molecule has 1 N–H and O–H groups in total. The van der Waals surface area contributed by atoms with Crippen molar-refractivity contribution >= 4 is 21.8 Å². The van der Waals surface area contributed by atoms with E-state index in [-0.39, 0.29) is 11.3 Å². The minimum atomic E-state index is -0.306. The van der Waals surface area contributed by atoms with Gasteiger partial charge in [0.25, 0.3) is 0 Å². The SMILES string of the molecule is Cc1ccc(CNC(=O)C2(c3ccc(Br)cc3)CC2)c(C)c1. The molecule has 0 heterocycles. The highest BCUT2D eigenvalue weighted by Crippen LogP contribution is 2.48. The monoisotopic (exact) mass is 357 g/mol. The fourth-order valence-corrected chi connectivity index (χ4v) is 3.19. The first-order valence-electron chi connectivity index (χ1n) is 7.62. The van der Waals surface area contributed by atoms with Crippen molar-refractivity contribution < 1.29 is 4.79 Å². The van der Waals surface area contributed by atoms with Crippen molar-refractivity contribution in [2.45, 2.75) is 38.6 Å². The van der Waals surface area contributed by atoms with Gasteiger partial charge in [-0.1, -0.05) is 51.8 Å². The van der Waals surface area contributed by atoms with E-state index in [4.69, 9.17) is 0 Å². The Bertz CT molecular complexity index is 702. The maximum Gasteiger partial charge on any atom is 0.230 e. The van der Waals surface area contributed by atoms with Gasteiger partial charge in [0.1, 0.15) is 0 Å². The largest absolute Gasteiger partial charge is 0.351 e. The third-order valence-electron chi connectivity index (χ3n) is 4.52. The molecule has 0 aliphatic heterocycles. The van der Waals surface area contributed by atoms with Crippen molar-refractivity contribution in [2.24, 2.45) is 0 Å². The minimum absolute atomic E-state index is 0.148. The molecule has 3 rings (SSSR count). The van der Waals surface area contributed by atoms with Gasteiger partial charge in [0.05, 0.1) is 5.41 Å². The highest BCUT2D eigenvalue weighted by Gasteiger charge is 2.50. The zero-order valence-corrected chi connectivity index (χ0v) is 14.5. The summed E-state index contributed by atoms with van der Waals surface area (Å²) < 4.78 is 1.04. The lowest BCUT2D eigenvalue weighted by Crippen LogP contribution is -2.34. The number of carbonyl (C=O) groups is 1. The lowest BCUT2D eigenvalue weighted by atomic mass is 9.95. The number of aryl methyl sites for hydroxylation is 2. The summed E-state index contributed by atoms with van der Waals surface area (Å²) in [5, 5.41) is 3.12. The van der Waals surface area contributed by atoms with Crippen LogP contribution in [0.5, 0.6) is 0 Å². The molecule has 0 aromatic heterocycles. The van der Waals surface area contributed by atoms with Gasteiger partial charge in [-0.2, -0.15) is 0 Å². The first-order chi connectivity index (χ1) is 10.5. The van der Waals surface area contributed by atoms with E-state index in [1.807, 2.05) is 24.3 Å². The number of amides is 1. The van der Waals surface area contributed by atoms with E-state index in [0.717, 1.165) is 22.9 Å². The van der Waals surface area contributed by atoms with Gasteiger partial charge in [-0.3, -0.25) is 4.79 Å². The van der Waals surface area contributed by atoms with Gasteiger partial charge < -0.3 is 5.32 Å². The molecule has 0 bridgehead atoms. The molecule has 1 fully saturated rings. The Balaban J connectivity index is 1.70. The fraction of sp³-hybridized carbons (Fsp3) is 0.316.